The smallest absolute Gasteiger partial charge is 0.161 e. The van der Waals surface area contributed by atoms with E-state index in [4.69, 9.17) is 32.7 Å². The van der Waals surface area contributed by atoms with Crippen LogP contribution in [0.5, 0.6) is 11.5 Å². The molecule has 0 bridgehead atoms. The van der Waals surface area contributed by atoms with Crippen molar-refractivity contribution >= 4 is 39.1 Å². The first-order valence-corrected chi connectivity index (χ1v) is 7.48. The minimum atomic E-state index is -0.331. The third-order valence-electron chi connectivity index (χ3n) is 2.92. The van der Waals surface area contributed by atoms with Crippen molar-refractivity contribution in [3.8, 4) is 11.5 Å². The van der Waals surface area contributed by atoms with Crippen LogP contribution in [0.15, 0.2) is 40.9 Å². The molecule has 0 heterocycles. The van der Waals surface area contributed by atoms with E-state index in [-0.39, 0.29) is 5.38 Å². The Morgan fingerprint density at radius 2 is 1.70 bits per heavy atom. The minimum Gasteiger partial charge on any atom is -0.493 e. The van der Waals surface area contributed by atoms with Gasteiger partial charge in [-0.05, 0) is 35.4 Å². The molecule has 2 aromatic carbocycles. The Morgan fingerprint density at radius 3 is 2.30 bits per heavy atom. The van der Waals surface area contributed by atoms with Gasteiger partial charge in [0.2, 0.25) is 0 Å². The molecule has 0 aliphatic heterocycles. The summed E-state index contributed by atoms with van der Waals surface area (Å²) < 4.78 is 11.4. The van der Waals surface area contributed by atoms with Crippen LogP contribution in [0.4, 0.5) is 0 Å². The van der Waals surface area contributed by atoms with Gasteiger partial charge in [-0.2, -0.15) is 0 Å². The lowest BCUT2D eigenvalue weighted by atomic mass is 10.0. The Kier molecular flexibility index (Phi) is 5.19. The molecule has 0 saturated carbocycles. The molecule has 0 saturated heterocycles. The molecule has 0 amide bonds. The van der Waals surface area contributed by atoms with Gasteiger partial charge in [0, 0.05) is 9.50 Å². The average Bonchev–Trinajstić information content (AvgIpc) is 2.46. The van der Waals surface area contributed by atoms with Crippen LogP contribution < -0.4 is 9.47 Å². The lowest BCUT2D eigenvalue weighted by Crippen LogP contribution is -1.98. The summed E-state index contributed by atoms with van der Waals surface area (Å²) in [6.45, 7) is 0. The second-order valence-electron chi connectivity index (χ2n) is 4.15. The van der Waals surface area contributed by atoms with Crippen molar-refractivity contribution in [1.29, 1.82) is 0 Å². The van der Waals surface area contributed by atoms with Crippen molar-refractivity contribution in [3.05, 3.63) is 57.0 Å². The number of hydrogen-bond donors (Lipinski definition) is 0. The molecule has 20 heavy (non-hydrogen) atoms. The van der Waals surface area contributed by atoms with E-state index >= 15 is 0 Å². The van der Waals surface area contributed by atoms with E-state index in [1.807, 2.05) is 36.4 Å². The van der Waals surface area contributed by atoms with Crippen LogP contribution in [0.25, 0.3) is 0 Å². The van der Waals surface area contributed by atoms with Gasteiger partial charge in [-0.25, -0.2) is 0 Å². The van der Waals surface area contributed by atoms with Crippen molar-refractivity contribution in [2.45, 2.75) is 5.38 Å². The number of hydrogen-bond acceptors (Lipinski definition) is 2. The molecule has 0 radical (unpaired) electrons. The Hall–Kier alpha value is -0.900. The standard InChI is InChI=1S/C15H13BrCl2O2/c1-19-13-7-11(12(16)8-14(13)20-2)15(18)9-4-3-5-10(17)6-9/h3-8,15H,1-2H3. The SMILES string of the molecule is COc1cc(Br)c(C(Cl)c2cccc(Cl)c2)cc1OC. The van der Waals surface area contributed by atoms with Crippen LogP contribution in [0.2, 0.25) is 5.02 Å². The lowest BCUT2D eigenvalue weighted by molar-refractivity contribution is 0.354. The van der Waals surface area contributed by atoms with Crippen molar-refractivity contribution < 1.29 is 9.47 Å². The van der Waals surface area contributed by atoms with Gasteiger partial charge in [-0.15, -0.1) is 11.6 Å². The topological polar surface area (TPSA) is 18.5 Å². The molecule has 2 rings (SSSR count). The fraction of sp³-hybridized carbons (Fsp3) is 0.200. The van der Waals surface area contributed by atoms with Crippen molar-refractivity contribution in [3.63, 3.8) is 0 Å². The molecule has 0 spiro atoms. The van der Waals surface area contributed by atoms with Gasteiger partial charge in [0.05, 0.1) is 19.6 Å². The Bertz CT molecular complexity index is 617. The van der Waals surface area contributed by atoms with E-state index in [0.29, 0.717) is 16.5 Å². The molecule has 2 aromatic rings. The van der Waals surface area contributed by atoms with E-state index in [0.717, 1.165) is 15.6 Å². The maximum absolute atomic E-state index is 6.55. The number of rotatable bonds is 4. The second-order valence-corrected chi connectivity index (χ2v) is 5.87. The molecule has 0 fully saturated rings. The summed E-state index contributed by atoms with van der Waals surface area (Å²) in [6.07, 6.45) is 0. The first-order chi connectivity index (χ1) is 9.56. The molecule has 0 N–H and O–H groups in total. The van der Waals surface area contributed by atoms with Gasteiger partial charge in [-0.1, -0.05) is 39.7 Å². The highest BCUT2D eigenvalue weighted by atomic mass is 79.9. The first-order valence-electron chi connectivity index (χ1n) is 5.87. The third kappa shape index (κ3) is 3.22. The van der Waals surface area contributed by atoms with Crippen molar-refractivity contribution in [2.24, 2.45) is 0 Å². The molecule has 0 aromatic heterocycles. The van der Waals surface area contributed by atoms with E-state index in [2.05, 4.69) is 15.9 Å². The molecule has 5 heteroatoms. The molecule has 0 aliphatic rings. The highest BCUT2D eigenvalue weighted by Gasteiger charge is 2.18. The molecule has 0 aliphatic carbocycles. The van der Waals surface area contributed by atoms with Crippen LogP contribution in [-0.4, -0.2) is 14.2 Å². The number of methoxy groups -OCH3 is 2. The fourth-order valence-corrected chi connectivity index (χ4v) is 3.11. The maximum Gasteiger partial charge on any atom is 0.161 e. The lowest BCUT2D eigenvalue weighted by Gasteiger charge is -2.16. The fourth-order valence-electron chi connectivity index (χ4n) is 1.91. The summed E-state index contributed by atoms with van der Waals surface area (Å²) in [5.41, 5.74) is 1.82. The maximum atomic E-state index is 6.55. The quantitative estimate of drug-likeness (QED) is 0.661. The van der Waals surface area contributed by atoms with Crippen molar-refractivity contribution in [1.82, 2.24) is 0 Å². The zero-order chi connectivity index (χ0) is 14.7. The number of ether oxygens (including phenoxy) is 2. The number of benzene rings is 2. The predicted octanol–water partition coefficient (Wildman–Crippen LogP) is 5.45. The summed E-state index contributed by atoms with van der Waals surface area (Å²) in [5.74, 6) is 1.29. The van der Waals surface area contributed by atoms with Gasteiger partial charge in [-0.3, -0.25) is 0 Å². The van der Waals surface area contributed by atoms with Crippen LogP contribution in [0, 0.1) is 0 Å². The Morgan fingerprint density at radius 1 is 1.05 bits per heavy atom. The molecule has 1 atom stereocenters. The molecular weight excluding hydrogens is 363 g/mol. The van der Waals surface area contributed by atoms with Gasteiger partial charge in [0.1, 0.15) is 0 Å². The number of halogens is 3. The van der Waals surface area contributed by atoms with Crippen LogP contribution in [-0.2, 0) is 0 Å². The van der Waals surface area contributed by atoms with E-state index in [9.17, 15) is 0 Å². The number of alkyl halides is 1. The van der Waals surface area contributed by atoms with Crippen LogP contribution in [0.1, 0.15) is 16.5 Å². The van der Waals surface area contributed by atoms with Crippen LogP contribution >= 0.6 is 39.1 Å². The van der Waals surface area contributed by atoms with Gasteiger partial charge in [0.25, 0.3) is 0 Å². The summed E-state index contributed by atoms with van der Waals surface area (Å²) in [6, 6.07) is 11.2. The summed E-state index contributed by atoms with van der Waals surface area (Å²) in [5, 5.41) is 0.327. The predicted molar refractivity (Wildman–Crippen MR) is 86.4 cm³/mol. The normalized spacial score (nSPS) is 12.1. The summed E-state index contributed by atoms with van der Waals surface area (Å²) >= 11 is 16.1. The monoisotopic (exact) mass is 374 g/mol. The van der Waals surface area contributed by atoms with Crippen molar-refractivity contribution in [2.75, 3.05) is 14.2 Å². The average molecular weight is 376 g/mol. The highest BCUT2D eigenvalue weighted by Crippen LogP contribution is 2.40. The highest BCUT2D eigenvalue weighted by molar-refractivity contribution is 9.10. The summed E-state index contributed by atoms with van der Waals surface area (Å²) in [4.78, 5) is 0. The Labute approximate surface area is 136 Å². The first kappa shape index (κ1) is 15.5. The Balaban J connectivity index is 2.46. The van der Waals surface area contributed by atoms with Gasteiger partial charge >= 0.3 is 0 Å². The van der Waals surface area contributed by atoms with E-state index < -0.39 is 0 Å². The second kappa shape index (κ2) is 6.70. The van der Waals surface area contributed by atoms with E-state index in [1.165, 1.54) is 0 Å². The molecule has 2 nitrogen and oxygen atoms in total. The minimum absolute atomic E-state index is 0.331. The zero-order valence-corrected chi connectivity index (χ0v) is 14.1. The molecular formula is C15H13BrCl2O2. The summed E-state index contributed by atoms with van der Waals surface area (Å²) in [7, 11) is 3.19. The molecule has 106 valence electrons. The van der Waals surface area contributed by atoms with Gasteiger partial charge in [0.15, 0.2) is 11.5 Å². The molecule has 1 unspecified atom stereocenters. The van der Waals surface area contributed by atoms with E-state index in [1.54, 1.807) is 14.2 Å². The van der Waals surface area contributed by atoms with Gasteiger partial charge < -0.3 is 9.47 Å². The largest absolute Gasteiger partial charge is 0.493 e. The zero-order valence-electron chi connectivity index (χ0n) is 11.0. The van der Waals surface area contributed by atoms with Crippen LogP contribution in [0.3, 0.4) is 0 Å². The third-order valence-corrected chi connectivity index (χ3v) is 4.33.